The first-order valence-corrected chi connectivity index (χ1v) is 6.98. The molecule has 0 saturated carbocycles. The van der Waals surface area contributed by atoms with Crippen LogP contribution in [0.3, 0.4) is 0 Å². The molecule has 0 fully saturated rings. The number of aliphatic imine (C=N–C) groups is 1. The molecule has 0 radical (unpaired) electrons. The highest BCUT2D eigenvalue weighted by molar-refractivity contribution is 5.87. The van der Waals surface area contributed by atoms with Crippen molar-refractivity contribution >= 4 is 28.9 Å². The quantitative estimate of drug-likeness (QED) is 0.482. The summed E-state index contributed by atoms with van der Waals surface area (Å²) in [6, 6.07) is 4.80. The molecule has 0 atom stereocenters. The average Bonchev–Trinajstić information content (AvgIpc) is 2.89. The maximum absolute atomic E-state index is 12.6. The van der Waals surface area contributed by atoms with Gasteiger partial charge in [0.2, 0.25) is 5.95 Å². The third kappa shape index (κ3) is 3.44. The van der Waals surface area contributed by atoms with Gasteiger partial charge in [0.25, 0.3) is 0 Å². The van der Waals surface area contributed by atoms with Crippen LogP contribution in [0.2, 0.25) is 0 Å². The van der Waals surface area contributed by atoms with Crippen LogP contribution in [-0.4, -0.2) is 25.5 Å². The molecule has 3 aromatic rings. The maximum atomic E-state index is 12.6. The topological polar surface area (TPSA) is 134 Å². The Kier molecular flexibility index (Phi) is 3.91. The summed E-state index contributed by atoms with van der Waals surface area (Å²) in [5.74, 6) is -0.146. The highest BCUT2D eigenvalue weighted by atomic mass is 19.4. The summed E-state index contributed by atoms with van der Waals surface area (Å²) in [5, 5.41) is 0. The van der Waals surface area contributed by atoms with Gasteiger partial charge in [-0.3, -0.25) is 0 Å². The van der Waals surface area contributed by atoms with E-state index in [1.165, 1.54) is 18.5 Å². The Balaban J connectivity index is 1.97. The number of nitrogens with zero attached hydrogens (tertiary/aromatic N) is 5. The molecule has 0 saturated heterocycles. The predicted molar refractivity (Wildman–Crippen MR) is 85.8 cm³/mol. The van der Waals surface area contributed by atoms with Crippen molar-refractivity contribution in [2.45, 2.75) is 12.7 Å². The lowest BCUT2D eigenvalue weighted by atomic mass is 10.1. The molecule has 11 heteroatoms. The Morgan fingerprint density at radius 2 is 1.80 bits per heavy atom. The fourth-order valence-corrected chi connectivity index (χ4v) is 2.26. The van der Waals surface area contributed by atoms with Crippen LogP contribution in [0, 0.1) is 0 Å². The Hall–Kier alpha value is -3.37. The molecule has 0 amide bonds. The summed E-state index contributed by atoms with van der Waals surface area (Å²) >= 11 is 0. The van der Waals surface area contributed by atoms with Crippen molar-refractivity contribution in [3.63, 3.8) is 0 Å². The van der Waals surface area contributed by atoms with E-state index in [2.05, 4.69) is 19.9 Å². The van der Waals surface area contributed by atoms with Gasteiger partial charge in [0.1, 0.15) is 0 Å². The number of rotatable bonds is 3. The van der Waals surface area contributed by atoms with Crippen LogP contribution >= 0.6 is 0 Å². The van der Waals surface area contributed by atoms with Crippen molar-refractivity contribution in [1.29, 1.82) is 0 Å². The van der Waals surface area contributed by atoms with Crippen LogP contribution in [0.1, 0.15) is 11.1 Å². The zero-order valence-corrected chi connectivity index (χ0v) is 12.7. The van der Waals surface area contributed by atoms with E-state index in [-0.39, 0.29) is 24.3 Å². The molecule has 0 aliphatic heterocycles. The van der Waals surface area contributed by atoms with Crippen molar-refractivity contribution < 1.29 is 13.2 Å². The Morgan fingerprint density at radius 1 is 1.12 bits per heavy atom. The molecule has 1 aromatic carbocycles. The predicted octanol–water partition coefficient (Wildman–Crippen LogP) is 1.38. The van der Waals surface area contributed by atoms with Crippen molar-refractivity contribution in [2.75, 3.05) is 5.73 Å². The molecule has 130 valence electrons. The zero-order valence-electron chi connectivity index (χ0n) is 12.7. The summed E-state index contributed by atoms with van der Waals surface area (Å²) in [4.78, 5) is 16.0. The first-order chi connectivity index (χ1) is 11.7. The molecular weight excluding hydrogens is 337 g/mol. The van der Waals surface area contributed by atoms with Gasteiger partial charge in [-0.15, -0.1) is 0 Å². The van der Waals surface area contributed by atoms with Crippen LogP contribution in [0.25, 0.3) is 11.2 Å². The largest absolute Gasteiger partial charge is 0.416 e. The van der Waals surface area contributed by atoms with Crippen LogP contribution < -0.4 is 17.2 Å². The highest BCUT2D eigenvalue weighted by Gasteiger charge is 2.29. The second-order valence-corrected chi connectivity index (χ2v) is 5.18. The number of hydrogen-bond acceptors (Lipinski definition) is 5. The number of imidazole rings is 1. The van der Waals surface area contributed by atoms with Gasteiger partial charge in [-0.2, -0.15) is 28.1 Å². The standard InChI is InChI=1S/C14H13F3N8/c15-14(16,17)8-3-1-7(2-4-8)5-25-6-21-9-10(22-12(18)19)23-13(20)24-11(9)25/h1-4,6H,5H2,(H6,18,19,20,22,23,24). The van der Waals surface area contributed by atoms with Crippen LogP contribution in [0.5, 0.6) is 0 Å². The minimum atomic E-state index is -4.38. The third-order valence-electron chi connectivity index (χ3n) is 3.33. The molecule has 8 nitrogen and oxygen atoms in total. The van der Waals surface area contributed by atoms with E-state index < -0.39 is 11.7 Å². The molecule has 2 heterocycles. The molecule has 3 rings (SSSR count). The van der Waals surface area contributed by atoms with Crippen molar-refractivity contribution in [2.24, 2.45) is 16.5 Å². The summed E-state index contributed by atoms with van der Waals surface area (Å²) in [6.07, 6.45) is -2.92. The molecular formula is C14H13F3N8. The Bertz CT molecular complexity index is 939. The van der Waals surface area contributed by atoms with E-state index in [1.807, 2.05) is 0 Å². The number of nitrogens with two attached hydrogens (primary N) is 3. The normalized spacial score (nSPS) is 11.6. The van der Waals surface area contributed by atoms with Crippen molar-refractivity contribution in [1.82, 2.24) is 19.5 Å². The van der Waals surface area contributed by atoms with E-state index in [4.69, 9.17) is 17.2 Å². The number of benzene rings is 1. The lowest BCUT2D eigenvalue weighted by molar-refractivity contribution is -0.137. The second kappa shape index (κ2) is 5.92. The van der Waals surface area contributed by atoms with Gasteiger partial charge >= 0.3 is 6.18 Å². The van der Waals surface area contributed by atoms with Gasteiger partial charge in [0, 0.05) is 0 Å². The van der Waals surface area contributed by atoms with E-state index >= 15 is 0 Å². The van der Waals surface area contributed by atoms with E-state index in [1.54, 1.807) is 4.57 Å². The van der Waals surface area contributed by atoms with Crippen molar-refractivity contribution in [3.05, 3.63) is 41.7 Å². The second-order valence-electron chi connectivity index (χ2n) is 5.18. The fraction of sp³-hybridized carbons (Fsp3) is 0.143. The maximum Gasteiger partial charge on any atom is 0.416 e. The molecule has 0 unspecified atom stereocenters. The fourth-order valence-electron chi connectivity index (χ4n) is 2.26. The van der Waals surface area contributed by atoms with Gasteiger partial charge in [0.15, 0.2) is 22.9 Å². The monoisotopic (exact) mass is 350 g/mol. The first-order valence-electron chi connectivity index (χ1n) is 6.98. The summed E-state index contributed by atoms with van der Waals surface area (Å²) in [5.41, 5.74) is 17.0. The summed E-state index contributed by atoms with van der Waals surface area (Å²) in [7, 11) is 0. The van der Waals surface area contributed by atoms with Gasteiger partial charge in [-0.25, -0.2) is 4.98 Å². The lowest BCUT2D eigenvalue weighted by Crippen LogP contribution is -2.22. The van der Waals surface area contributed by atoms with Crippen LogP contribution in [0.15, 0.2) is 35.6 Å². The minimum Gasteiger partial charge on any atom is -0.370 e. The van der Waals surface area contributed by atoms with Gasteiger partial charge in [-0.05, 0) is 17.7 Å². The summed E-state index contributed by atoms with van der Waals surface area (Å²) in [6.45, 7) is 0.242. The number of hydrogen-bond donors (Lipinski definition) is 3. The molecule has 25 heavy (non-hydrogen) atoms. The number of alkyl halides is 3. The molecule has 2 aromatic heterocycles. The molecule has 6 N–H and O–H groups in total. The highest BCUT2D eigenvalue weighted by Crippen LogP contribution is 2.29. The number of anilines is 1. The number of nitrogen functional groups attached to an aromatic ring is 1. The van der Waals surface area contributed by atoms with Crippen molar-refractivity contribution in [3.8, 4) is 0 Å². The van der Waals surface area contributed by atoms with Gasteiger partial charge in [0.05, 0.1) is 18.4 Å². The number of aromatic nitrogens is 4. The number of fused-ring (bicyclic) bond motifs is 1. The number of halogens is 3. The summed E-state index contributed by atoms with van der Waals surface area (Å²) < 4.78 is 39.5. The number of guanidine groups is 1. The molecule has 0 spiro atoms. The smallest absolute Gasteiger partial charge is 0.370 e. The SMILES string of the molecule is NC(N)=Nc1nc(N)nc2c1ncn2Cc1ccc(C(F)(F)F)cc1. The van der Waals surface area contributed by atoms with Crippen LogP contribution in [-0.2, 0) is 12.7 Å². The van der Waals surface area contributed by atoms with E-state index in [9.17, 15) is 13.2 Å². The Morgan fingerprint density at radius 3 is 2.40 bits per heavy atom. The first kappa shape index (κ1) is 16.5. The van der Waals surface area contributed by atoms with E-state index in [0.29, 0.717) is 16.7 Å². The molecule has 0 aliphatic rings. The van der Waals surface area contributed by atoms with Gasteiger partial charge < -0.3 is 21.8 Å². The third-order valence-corrected chi connectivity index (χ3v) is 3.33. The van der Waals surface area contributed by atoms with E-state index in [0.717, 1.165) is 12.1 Å². The van der Waals surface area contributed by atoms with Crippen LogP contribution in [0.4, 0.5) is 24.9 Å². The zero-order chi connectivity index (χ0) is 18.2. The lowest BCUT2D eigenvalue weighted by Gasteiger charge is -2.08. The molecule has 0 bridgehead atoms. The average molecular weight is 350 g/mol. The van der Waals surface area contributed by atoms with Gasteiger partial charge in [-0.1, -0.05) is 12.1 Å². The molecule has 0 aliphatic carbocycles. The minimum absolute atomic E-state index is 0.0540. The Labute approximate surface area is 139 Å².